The summed E-state index contributed by atoms with van der Waals surface area (Å²) in [6.07, 6.45) is 5.84. The van der Waals surface area contributed by atoms with Gasteiger partial charge in [-0.1, -0.05) is 24.4 Å². The van der Waals surface area contributed by atoms with Crippen LogP contribution in [0.25, 0.3) is 11.0 Å². The topological polar surface area (TPSA) is 39.2 Å². The Morgan fingerprint density at radius 3 is 2.89 bits per heavy atom. The standard InChI is InChI=1S/C15H18ClNO/c16-12-5-6-14-11(7-12)9-15(18-14)10-3-1-2-4-13(17)8-10/h5-7,9-10,13H,1-4,8,17H2. The summed E-state index contributed by atoms with van der Waals surface area (Å²) in [5.41, 5.74) is 7.04. The summed E-state index contributed by atoms with van der Waals surface area (Å²) in [6, 6.07) is 8.22. The molecule has 3 heteroatoms. The van der Waals surface area contributed by atoms with E-state index in [0.717, 1.165) is 34.6 Å². The molecular weight excluding hydrogens is 246 g/mol. The summed E-state index contributed by atoms with van der Waals surface area (Å²) in [5.74, 6) is 1.54. The smallest absolute Gasteiger partial charge is 0.134 e. The van der Waals surface area contributed by atoms with Crippen LogP contribution in [0.4, 0.5) is 0 Å². The molecule has 1 aromatic carbocycles. The first-order valence-corrected chi connectivity index (χ1v) is 7.05. The van der Waals surface area contributed by atoms with Gasteiger partial charge in [-0.15, -0.1) is 0 Å². The van der Waals surface area contributed by atoms with Gasteiger partial charge in [-0.05, 0) is 43.5 Å². The van der Waals surface area contributed by atoms with Crippen LogP contribution in [0.3, 0.4) is 0 Å². The van der Waals surface area contributed by atoms with Crippen LogP contribution in [-0.4, -0.2) is 6.04 Å². The molecule has 1 aromatic heterocycles. The van der Waals surface area contributed by atoms with Crippen molar-refractivity contribution in [1.29, 1.82) is 0 Å². The zero-order valence-electron chi connectivity index (χ0n) is 10.4. The Hall–Kier alpha value is -0.990. The minimum atomic E-state index is 0.314. The molecule has 0 spiro atoms. The van der Waals surface area contributed by atoms with Crippen LogP contribution in [0.5, 0.6) is 0 Å². The number of halogens is 1. The van der Waals surface area contributed by atoms with Gasteiger partial charge in [0.2, 0.25) is 0 Å². The van der Waals surface area contributed by atoms with Crippen molar-refractivity contribution in [3.05, 3.63) is 35.0 Å². The van der Waals surface area contributed by atoms with Gasteiger partial charge in [-0.3, -0.25) is 0 Å². The molecule has 3 rings (SSSR count). The van der Waals surface area contributed by atoms with Gasteiger partial charge in [-0.25, -0.2) is 0 Å². The largest absolute Gasteiger partial charge is 0.461 e. The highest BCUT2D eigenvalue weighted by Crippen LogP contribution is 2.35. The molecule has 2 nitrogen and oxygen atoms in total. The van der Waals surface area contributed by atoms with Crippen molar-refractivity contribution in [2.45, 2.75) is 44.1 Å². The quantitative estimate of drug-likeness (QED) is 0.772. The van der Waals surface area contributed by atoms with Crippen LogP contribution in [0.1, 0.15) is 43.8 Å². The van der Waals surface area contributed by atoms with Crippen molar-refractivity contribution in [3.8, 4) is 0 Å². The lowest BCUT2D eigenvalue weighted by Crippen LogP contribution is -2.20. The lowest BCUT2D eigenvalue weighted by atomic mass is 9.95. The Labute approximate surface area is 112 Å². The third-order valence-corrected chi connectivity index (χ3v) is 4.10. The van der Waals surface area contributed by atoms with Gasteiger partial charge in [0.15, 0.2) is 0 Å². The molecule has 0 radical (unpaired) electrons. The Kier molecular flexibility index (Phi) is 3.31. The van der Waals surface area contributed by atoms with Gasteiger partial charge in [0.25, 0.3) is 0 Å². The number of hydrogen-bond donors (Lipinski definition) is 1. The molecule has 0 amide bonds. The highest BCUT2D eigenvalue weighted by molar-refractivity contribution is 6.31. The van der Waals surface area contributed by atoms with Gasteiger partial charge in [-0.2, -0.15) is 0 Å². The van der Waals surface area contributed by atoms with E-state index in [-0.39, 0.29) is 0 Å². The minimum Gasteiger partial charge on any atom is -0.461 e. The first-order chi connectivity index (χ1) is 8.72. The molecule has 0 aliphatic heterocycles. The summed E-state index contributed by atoms with van der Waals surface area (Å²) in [6.45, 7) is 0. The number of rotatable bonds is 1. The highest BCUT2D eigenvalue weighted by atomic mass is 35.5. The van der Waals surface area contributed by atoms with E-state index in [0.29, 0.717) is 12.0 Å². The number of nitrogens with two attached hydrogens (primary N) is 1. The molecule has 1 aliphatic rings. The predicted octanol–water partition coefficient (Wildman–Crippen LogP) is 4.46. The zero-order chi connectivity index (χ0) is 12.5. The second kappa shape index (κ2) is 4.94. The number of fused-ring (bicyclic) bond motifs is 1. The molecule has 1 saturated carbocycles. The fourth-order valence-electron chi connectivity index (χ4n) is 2.89. The Morgan fingerprint density at radius 2 is 2.00 bits per heavy atom. The van der Waals surface area contributed by atoms with Crippen LogP contribution in [0.2, 0.25) is 5.02 Å². The second-order valence-corrected chi connectivity index (χ2v) is 5.74. The van der Waals surface area contributed by atoms with E-state index in [1.54, 1.807) is 0 Å². The minimum absolute atomic E-state index is 0.314. The van der Waals surface area contributed by atoms with Gasteiger partial charge in [0, 0.05) is 22.4 Å². The maximum absolute atomic E-state index is 6.12. The molecule has 0 saturated heterocycles. The van der Waals surface area contributed by atoms with E-state index in [1.807, 2.05) is 18.2 Å². The van der Waals surface area contributed by atoms with E-state index < -0.39 is 0 Å². The molecule has 2 N–H and O–H groups in total. The lowest BCUT2D eigenvalue weighted by molar-refractivity contribution is 0.440. The summed E-state index contributed by atoms with van der Waals surface area (Å²) in [7, 11) is 0. The van der Waals surface area contributed by atoms with Crippen molar-refractivity contribution in [1.82, 2.24) is 0 Å². The van der Waals surface area contributed by atoms with Gasteiger partial charge in [0.1, 0.15) is 11.3 Å². The molecule has 1 aliphatic carbocycles. The monoisotopic (exact) mass is 263 g/mol. The van der Waals surface area contributed by atoms with Crippen LogP contribution in [0, 0.1) is 0 Å². The lowest BCUT2D eigenvalue weighted by Gasteiger charge is -2.14. The maximum Gasteiger partial charge on any atom is 0.134 e. The van der Waals surface area contributed by atoms with Gasteiger partial charge >= 0.3 is 0 Å². The number of furan rings is 1. The third-order valence-electron chi connectivity index (χ3n) is 3.86. The Morgan fingerprint density at radius 1 is 1.17 bits per heavy atom. The third kappa shape index (κ3) is 2.40. The molecule has 1 fully saturated rings. The molecule has 18 heavy (non-hydrogen) atoms. The fraction of sp³-hybridized carbons (Fsp3) is 0.467. The SMILES string of the molecule is NC1CCCCC(c2cc3cc(Cl)ccc3o2)C1. The average molecular weight is 264 g/mol. The second-order valence-electron chi connectivity index (χ2n) is 5.31. The zero-order valence-corrected chi connectivity index (χ0v) is 11.1. The van der Waals surface area contributed by atoms with E-state index >= 15 is 0 Å². The van der Waals surface area contributed by atoms with Crippen molar-refractivity contribution in [2.75, 3.05) is 0 Å². The molecule has 2 unspecified atom stereocenters. The van der Waals surface area contributed by atoms with Crippen molar-refractivity contribution < 1.29 is 4.42 Å². The van der Waals surface area contributed by atoms with E-state index in [1.165, 1.54) is 19.3 Å². The van der Waals surface area contributed by atoms with E-state index in [2.05, 4.69) is 6.07 Å². The predicted molar refractivity (Wildman–Crippen MR) is 75.0 cm³/mol. The van der Waals surface area contributed by atoms with Crippen molar-refractivity contribution in [3.63, 3.8) is 0 Å². The molecule has 0 bridgehead atoms. The fourth-order valence-corrected chi connectivity index (χ4v) is 3.07. The number of hydrogen-bond acceptors (Lipinski definition) is 2. The molecule has 2 aromatic rings. The maximum atomic E-state index is 6.12. The molecule has 1 heterocycles. The van der Waals surface area contributed by atoms with Crippen LogP contribution in [0.15, 0.2) is 28.7 Å². The molecule has 96 valence electrons. The summed E-state index contributed by atoms with van der Waals surface area (Å²) < 4.78 is 5.95. The van der Waals surface area contributed by atoms with Gasteiger partial charge in [0.05, 0.1) is 0 Å². The van der Waals surface area contributed by atoms with Crippen LogP contribution < -0.4 is 5.73 Å². The Bertz CT molecular complexity index is 548. The van der Waals surface area contributed by atoms with Crippen LogP contribution in [-0.2, 0) is 0 Å². The number of benzene rings is 1. The molecule has 2 atom stereocenters. The van der Waals surface area contributed by atoms with Crippen molar-refractivity contribution in [2.24, 2.45) is 5.73 Å². The first-order valence-electron chi connectivity index (χ1n) is 6.67. The normalized spacial score (nSPS) is 25.2. The van der Waals surface area contributed by atoms with Crippen molar-refractivity contribution >= 4 is 22.6 Å². The van der Waals surface area contributed by atoms with Gasteiger partial charge < -0.3 is 10.2 Å². The first kappa shape index (κ1) is 12.1. The highest BCUT2D eigenvalue weighted by Gasteiger charge is 2.22. The molecular formula is C15H18ClNO. The van der Waals surface area contributed by atoms with Crippen LogP contribution >= 0.6 is 11.6 Å². The van der Waals surface area contributed by atoms with E-state index in [4.69, 9.17) is 21.8 Å². The summed E-state index contributed by atoms with van der Waals surface area (Å²) in [5, 5.41) is 1.85. The summed E-state index contributed by atoms with van der Waals surface area (Å²) in [4.78, 5) is 0. The summed E-state index contributed by atoms with van der Waals surface area (Å²) >= 11 is 6.00. The Balaban J connectivity index is 1.93. The average Bonchev–Trinajstić information content (AvgIpc) is 2.63. The van der Waals surface area contributed by atoms with E-state index in [9.17, 15) is 0 Å².